The van der Waals surface area contributed by atoms with Gasteiger partial charge in [0, 0.05) is 5.56 Å². The van der Waals surface area contributed by atoms with Crippen molar-refractivity contribution in [3.05, 3.63) is 36.0 Å². The van der Waals surface area contributed by atoms with Gasteiger partial charge in [0.2, 0.25) is 17.5 Å². The van der Waals surface area contributed by atoms with Crippen molar-refractivity contribution < 1.29 is 13.9 Å². The minimum atomic E-state index is -0.573. The highest BCUT2D eigenvalue weighted by Gasteiger charge is 2.19. The summed E-state index contributed by atoms with van der Waals surface area (Å²) in [5.74, 6) is -0.288. The van der Waals surface area contributed by atoms with E-state index in [1.165, 1.54) is 0 Å². The molecule has 5 nitrogen and oxygen atoms in total. The molecule has 17 heavy (non-hydrogen) atoms. The van der Waals surface area contributed by atoms with Crippen LogP contribution in [0.3, 0.4) is 0 Å². The van der Waals surface area contributed by atoms with E-state index < -0.39 is 5.97 Å². The molecule has 0 aliphatic rings. The second kappa shape index (κ2) is 4.69. The van der Waals surface area contributed by atoms with Crippen molar-refractivity contribution in [2.24, 2.45) is 0 Å². The Hall–Kier alpha value is -2.30. The van der Waals surface area contributed by atoms with Crippen LogP contribution in [0.15, 0.2) is 34.7 Å². The molecule has 0 bridgehead atoms. The second-order valence-corrected chi connectivity index (χ2v) is 3.32. The van der Waals surface area contributed by atoms with E-state index >= 15 is 0 Å². The zero-order valence-electron chi connectivity index (χ0n) is 9.34. The Bertz CT molecular complexity index is 520. The fourth-order valence-corrected chi connectivity index (χ4v) is 1.38. The molecule has 88 valence electrons. The highest BCUT2D eigenvalue weighted by molar-refractivity contribution is 5.92. The van der Waals surface area contributed by atoms with Gasteiger partial charge in [-0.05, 0) is 19.1 Å². The number of aromatic nitrogens is 1. The monoisotopic (exact) mass is 232 g/mol. The highest BCUT2D eigenvalue weighted by Crippen LogP contribution is 2.23. The van der Waals surface area contributed by atoms with Gasteiger partial charge in [0.25, 0.3) is 0 Å². The maximum absolute atomic E-state index is 11.5. The third-order valence-electron chi connectivity index (χ3n) is 2.14. The van der Waals surface area contributed by atoms with Gasteiger partial charge in [-0.15, -0.1) is 0 Å². The summed E-state index contributed by atoms with van der Waals surface area (Å²) >= 11 is 0. The van der Waals surface area contributed by atoms with Crippen molar-refractivity contribution in [1.29, 1.82) is 0 Å². The van der Waals surface area contributed by atoms with Crippen LogP contribution in [0.1, 0.15) is 17.4 Å². The van der Waals surface area contributed by atoms with Crippen molar-refractivity contribution >= 4 is 11.9 Å². The number of rotatable bonds is 3. The molecule has 0 aliphatic heterocycles. The summed E-state index contributed by atoms with van der Waals surface area (Å²) in [4.78, 5) is 15.5. The van der Waals surface area contributed by atoms with E-state index in [-0.39, 0.29) is 18.2 Å². The fraction of sp³-hybridized carbons (Fsp3) is 0.167. The third-order valence-corrected chi connectivity index (χ3v) is 2.14. The van der Waals surface area contributed by atoms with Gasteiger partial charge >= 0.3 is 5.97 Å². The lowest BCUT2D eigenvalue weighted by Crippen LogP contribution is -2.07. The van der Waals surface area contributed by atoms with Crippen molar-refractivity contribution in [3.63, 3.8) is 0 Å². The number of nitrogens with zero attached hydrogens (tertiary/aromatic N) is 1. The summed E-state index contributed by atoms with van der Waals surface area (Å²) in [6.45, 7) is 1.98. The van der Waals surface area contributed by atoms with Crippen LogP contribution in [0.2, 0.25) is 0 Å². The Morgan fingerprint density at radius 1 is 1.41 bits per heavy atom. The van der Waals surface area contributed by atoms with Crippen LogP contribution in [0, 0.1) is 0 Å². The van der Waals surface area contributed by atoms with Crippen LogP contribution in [0.4, 0.5) is 5.88 Å². The molecule has 0 aliphatic carbocycles. The van der Waals surface area contributed by atoms with Gasteiger partial charge in [0.15, 0.2) is 0 Å². The van der Waals surface area contributed by atoms with E-state index in [1.54, 1.807) is 6.92 Å². The number of anilines is 1. The van der Waals surface area contributed by atoms with Gasteiger partial charge < -0.3 is 14.9 Å². The normalized spacial score (nSPS) is 10.2. The molecule has 0 radical (unpaired) electrons. The number of benzene rings is 1. The number of nitrogens with two attached hydrogens (primary N) is 1. The average Bonchev–Trinajstić information content (AvgIpc) is 2.73. The van der Waals surface area contributed by atoms with Crippen LogP contribution < -0.4 is 5.73 Å². The summed E-state index contributed by atoms with van der Waals surface area (Å²) in [7, 11) is 0. The summed E-state index contributed by atoms with van der Waals surface area (Å²) in [6.07, 6.45) is 0. The van der Waals surface area contributed by atoms with Gasteiger partial charge in [-0.25, -0.2) is 4.79 Å². The third kappa shape index (κ3) is 2.28. The number of oxazole rings is 1. The molecular formula is C12H12N2O3. The zero-order valence-corrected chi connectivity index (χ0v) is 9.34. The quantitative estimate of drug-likeness (QED) is 0.820. The number of carbonyl (C=O) groups is 1. The first-order valence-electron chi connectivity index (χ1n) is 5.21. The fourth-order valence-electron chi connectivity index (χ4n) is 1.38. The van der Waals surface area contributed by atoms with Crippen molar-refractivity contribution in [2.45, 2.75) is 6.92 Å². The van der Waals surface area contributed by atoms with E-state index in [2.05, 4.69) is 4.98 Å². The molecule has 1 heterocycles. The summed E-state index contributed by atoms with van der Waals surface area (Å²) in [5, 5.41) is 0. The number of ether oxygens (including phenoxy) is 1. The topological polar surface area (TPSA) is 78.3 Å². The molecule has 2 rings (SSSR count). The van der Waals surface area contributed by atoms with Crippen LogP contribution in [0.25, 0.3) is 11.5 Å². The molecule has 0 saturated carbocycles. The molecule has 0 spiro atoms. The predicted octanol–water partition coefficient (Wildman–Crippen LogP) is 2.10. The summed E-state index contributed by atoms with van der Waals surface area (Å²) in [5.41, 5.74) is 6.36. The lowest BCUT2D eigenvalue weighted by molar-refractivity contribution is 0.0521. The molecule has 2 aromatic rings. The van der Waals surface area contributed by atoms with E-state index in [0.29, 0.717) is 5.89 Å². The van der Waals surface area contributed by atoms with Gasteiger partial charge in [0.1, 0.15) is 0 Å². The van der Waals surface area contributed by atoms with E-state index in [9.17, 15) is 4.79 Å². The van der Waals surface area contributed by atoms with E-state index in [0.717, 1.165) is 5.56 Å². The maximum atomic E-state index is 11.5. The second-order valence-electron chi connectivity index (χ2n) is 3.32. The molecule has 1 aromatic carbocycles. The van der Waals surface area contributed by atoms with E-state index in [4.69, 9.17) is 14.9 Å². The smallest absolute Gasteiger partial charge is 0.362 e. The molecule has 5 heteroatoms. The van der Waals surface area contributed by atoms with Crippen LogP contribution >= 0.6 is 0 Å². The van der Waals surface area contributed by atoms with Crippen LogP contribution in [0.5, 0.6) is 0 Å². The highest BCUT2D eigenvalue weighted by atomic mass is 16.5. The van der Waals surface area contributed by atoms with Crippen molar-refractivity contribution in [2.75, 3.05) is 12.3 Å². The summed E-state index contributed by atoms with van der Waals surface area (Å²) < 4.78 is 10.1. The van der Waals surface area contributed by atoms with Crippen molar-refractivity contribution in [1.82, 2.24) is 4.98 Å². The molecule has 0 unspecified atom stereocenters. The Kier molecular flexibility index (Phi) is 3.09. The number of hydrogen-bond donors (Lipinski definition) is 1. The number of nitrogen functional groups attached to an aromatic ring is 1. The minimum absolute atomic E-state index is 0.0192. The van der Waals surface area contributed by atoms with Gasteiger partial charge in [-0.2, -0.15) is 4.98 Å². The van der Waals surface area contributed by atoms with Crippen LogP contribution in [-0.2, 0) is 4.74 Å². The molecule has 2 N–H and O–H groups in total. The Labute approximate surface area is 98.2 Å². The van der Waals surface area contributed by atoms with Crippen LogP contribution in [-0.4, -0.2) is 17.6 Å². The molecular weight excluding hydrogens is 220 g/mol. The number of carbonyl (C=O) groups excluding carboxylic acids is 1. The summed E-state index contributed by atoms with van der Waals surface area (Å²) in [6, 6.07) is 9.21. The largest absolute Gasteiger partial charge is 0.461 e. The first-order valence-corrected chi connectivity index (χ1v) is 5.21. The lowest BCUT2D eigenvalue weighted by atomic mass is 10.2. The molecule has 0 atom stereocenters. The number of hydrogen-bond acceptors (Lipinski definition) is 5. The minimum Gasteiger partial charge on any atom is -0.461 e. The van der Waals surface area contributed by atoms with Gasteiger partial charge in [-0.1, -0.05) is 18.2 Å². The predicted molar refractivity (Wildman–Crippen MR) is 62.3 cm³/mol. The van der Waals surface area contributed by atoms with Gasteiger partial charge in [-0.3, -0.25) is 0 Å². The molecule has 0 saturated heterocycles. The molecule has 0 fully saturated rings. The Morgan fingerprint density at radius 2 is 2.12 bits per heavy atom. The Morgan fingerprint density at radius 3 is 2.76 bits per heavy atom. The zero-order chi connectivity index (χ0) is 12.3. The Balaban J connectivity index is 2.34. The standard InChI is InChI=1S/C12H12N2O3/c1-2-16-12(15)9-10(13)17-11(14-9)8-6-4-3-5-7-8/h3-7H,2,13H2,1H3. The molecule has 0 amide bonds. The molecule has 1 aromatic heterocycles. The average molecular weight is 232 g/mol. The first-order chi connectivity index (χ1) is 8.22. The SMILES string of the molecule is CCOC(=O)c1nc(-c2ccccc2)oc1N. The van der Waals surface area contributed by atoms with Crippen molar-refractivity contribution in [3.8, 4) is 11.5 Å². The lowest BCUT2D eigenvalue weighted by Gasteiger charge is -1.96. The first kappa shape index (κ1) is 11.2. The maximum Gasteiger partial charge on any atom is 0.362 e. The van der Waals surface area contributed by atoms with E-state index in [1.807, 2.05) is 30.3 Å². The van der Waals surface area contributed by atoms with Gasteiger partial charge in [0.05, 0.1) is 6.61 Å². The number of esters is 1.